The van der Waals surface area contributed by atoms with Gasteiger partial charge in [-0.25, -0.2) is 9.97 Å². The number of benzene rings is 1. The Morgan fingerprint density at radius 3 is 2.85 bits per heavy atom. The Bertz CT molecular complexity index is 759. The summed E-state index contributed by atoms with van der Waals surface area (Å²) < 4.78 is 11.8. The molecule has 1 aromatic carbocycles. The van der Waals surface area contributed by atoms with Gasteiger partial charge in [0.25, 0.3) is 0 Å². The molecule has 2 aromatic heterocycles. The first kappa shape index (κ1) is 11.5. The fourth-order valence-electron chi connectivity index (χ4n) is 2.09. The molecule has 0 bridgehead atoms. The number of aryl methyl sites for hydroxylation is 1. The van der Waals surface area contributed by atoms with Crippen LogP contribution < -0.4 is 14.8 Å². The van der Waals surface area contributed by atoms with Crippen molar-refractivity contribution in [3.63, 3.8) is 0 Å². The van der Waals surface area contributed by atoms with Crippen LogP contribution in [-0.2, 0) is 0 Å². The molecule has 3 heterocycles. The van der Waals surface area contributed by atoms with Gasteiger partial charge < -0.3 is 14.8 Å². The third kappa shape index (κ3) is 1.94. The Labute approximate surface area is 119 Å². The fraction of sp³-hybridized carbons (Fsp3) is 0.143. The molecule has 3 aromatic rings. The van der Waals surface area contributed by atoms with Crippen molar-refractivity contribution in [2.24, 2.45) is 0 Å². The molecule has 1 aliphatic rings. The van der Waals surface area contributed by atoms with Crippen LogP contribution in [0.4, 0.5) is 10.9 Å². The third-order valence-electron chi connectivity index (χ3n) is 3.01. The lowest BCUT2D eigenvalue weighted by Gasteiger charge is -2.01. The summed E-state index contributed by atoms with van der Waals surface area (Å²) in [4.78, 5) is 8.95. The molecule has 4 rings (SSSR count). The number of aromatic nitrogens is 2. The molecule has 0 saturated heterocycles. The highest BCUT2D eigenvalue weighted by atomic mass is 32.1. The maximum Gasteiger partial charge on any atom is 0.231 e. The van der Waals surface area contributed by atoms with E-state index in [1.54, 1.807) is 11.3 Å². The average Bonchev–Trinajstić information content (AvgIpc) is 3.00. The molecule has 1 aliphatic heterocycles. The number of thiazole rings is 1. The summed E-state index contributed by atoms with van der Waals surface area (Å²) in [6, 6.07) is 9.72. The highest BCUT2D eigenvalue weighted by Crippen LogP contribution is 2.39. The zero-order valence-electron chi connectivity index (χ0n) is 10.7. The van der Waals surface area contributed by atoms with E-state index in [4.69, 9.17) is 9.47 Å². The molecule has 0 radical (unpaired) electrons. The Morgan fingerprint density at radius 1 is 1.15 bits per heavy atom. The van der Waals surface area contributed by atoms with Crippen LogP contribution >= 0.6 is 11.3 Å². The summed E-state index contributed by atoms with van der Waals surface area (Å²) in [7, 11) is 0. The summed E-state index contributed by atoms with van der Waals surface area (Å²) in [5.41, 5.74) is 1.87. The van der Waals surface area contributed by atoms with Gasteiger partial charge in [-0.1, -0.05) is 17.4 Å². The molecule has 20 heavy (non-hydrogen) atoms. The number of anilines is 2. The van der Waals surface area contributed by atoms with Crippen molar-refractivity contribution in [1.82, 2.24) is 9.97 Å². The van der Waals surface area contributed by atoms with Crippen LogP contribution in [0.2, 0.25) is 0 Å². The van der Waals surface area contributed by atoms with Crippen LogP contribution in [0.3, 0.4) is 0 Å². The van der Waals surface area contributed by atoms with Gasteiger partial charge in [0.05, 0.1) is 10.2 Å². The number of nitrogens with one attached hydrogen (secondary N) is 1. The highest BCUT2D eigenvalue weighted by molar-refractivity contribution is 7.22. The number of nitrogens with zero attached hydrogens (tertiary/aromatic N) is 2. The molecule has 0 aliphatic carbocycles. The molecule has 0 fully saturated rings. The Hall–Kier alpha value is -2.34. The number of pyridine rings is 1. The predicted molar refractivity (Wildman–Crippen MR) is 78.0 cm³/mol. The SMILES string of the molecule is Cc1cccc(Nc2nc3cc4c(cc3s2)OCO4)n1. The molecule has 5 nitrogen and oxygen atoms in total. The van der Waals surface area contributed by atoms with E-state index in [2.05, 4.69) is 15.3 Å². The standard InChI is InChI=1S/C14H11N3O2S/c1-8-3-2-4-13(15-8)17-14-16-9-5-10-11(19-7-18-10)6-12(9)20-14/h2-6H,7H2,1H3,(H,15,16,17). The topological polar surface area (TPSA) is 56.3 Å². The lowest BCUT2D eigenvalue weighted by molar-refractivity contribution is 0.174. The van der Waals surface area contributed by atoms with Crippen molar-refractivity contribution < 1.29 is 9.47 Å². The molecule has 0 spiro atoms. The summed E-state index contributed by atoms with van der Waals surface area (Å²) in [5.74, 6) is 2.33. The van der Waals surface area contributed by atoms with Gasteiger partial charge in [-0.2, -0.15) is 0 Å². The van der Waals surface area contributed by atoms with Gasteiger partial charge in [0.2, 0.25) is 6.79 Å². The van der Waals surface area contributed by atoms with Crippen molar-refractivity contribution in [3.8, 4) is 11.5 Å². The van der Waals surface area contributed by atoms with E-state index in [9.17, 15) is 0 Å². The van der Waals surface area contributed by atoms with Crippen LogP contribution in [-0.4, -0.2) is 16.8 Å². The molecule has 1 N–H and O–H groups in total. The number of rotatable bonds is 2. The van der Waals surface area contributed by atoms with E-state index in [0.717, 1.165) is 38.4 Å². The normalized spacial score (nSPS) is 12.8. The molecular weight excluding hydrogens is 274 g/mol. The quantitative estimate of drug-likeness (QED) is 0.781. The van der Waals surface area contributed by atoms with Crippen LogP contribution in [0, 0.1) is 6.92 Å². The monoisotopic (exact) mass is 285 g/mol. The second kappa shape index (κ2) is 4.35. The number of ether oxygens (including phenoxy) is 2. The van der Waals surface area contributed by atoms with E-state index >= 15 is 0 Å². The Balaban J connectivity index is 1.71. The average molecular weight is 285 g/mol. The van der Waals surface area contributed by atoms with E-state index < -0.39 is 0 Å². The minimum atomic E-state index is 0.283. The number of hydrogen-bond acceptors (Lipinski definition) is 6. The minimum Gasteiger partial charge on any atom is -0.454 e. The van der Waals surface area contributed by atoms with Crippen molar-refractivity contribution in [2.75, 3.05) is 12.1 Å². The lowest BCUT2D eigenvalue weighted by Crippen LogP contribution is -1.93. The van der Waals surface area contributed by atoms with E-state index in [-0.39, 0.29) is 6.79 Å². The van der Waals surface area contributed by atoms with Crippen LogP contribution in [0.25, 0.3) is 10.2 Å². The Morgan fingerprint density at radius 2 is 2.00 bits per heavy atom. The molecule has 0 unspecified atom stereocenters. The lowest BCUT2D eigenvalue weighted by atomic mass is 10.3. The smallest absolute Gasteiger partial charge is 0.231 e. The summed E-state index contributed by atoms with van der Waals surface area (Å²) >= 11 is 1.57. The van der Waals surface area contributed by atoms with Gasteiger partial charge >= 0.3 is 0 Å². The second-order valence-electron chi connectivity index (χ2n) is 4.48. The Kier molecular flexibility index (Phi) is 2.50. The van der Waals surface area contributed by atoms with Crippen molar-refractivity contribution >= 4 is 32.5 Å². The van der Waals surface area contributed by atoms with E-state index in [1.165, 1.54) is 0 Å². The van der Waals surface area contributed by atoms with Gasteiger partial charge in [0.15, 0.2) is 16.6 Å². The zero-order valence-corrected chi connectivity index (χ0v) is 11.5. The maximum atomic E-state index is 5.37. The molecular formula is C14H11N3O2S. The second-order valence-corrected chi connectivity index (χ2v) is 5.51. The van der Waals surface area contributed by atoms with Gasteiger partial charge in [-0.05, 0) is 19.1 Å². The molecule has 0 saturated carbocycles. The molecule has 0 atom stereocenters. The van der Waals surface area contributed by atoms with Crippen LogP contribution in [0.5, 0.6) is 11.5 Å². The largest absolute Gasteiger partial charge is 0.454 e. The predicted octanol–water partition coefficient (Wildman–Crippen LogP) is 3.47. The third-order valence-corrected chi connectivity index (χ3v) is 3.94. The maximum absolute atomic E-state index is 5.37. The zero-order chi connectivity index (χ0) is 13.5. The molecule has 0 amide bonds. The van der Waals surface area contributed by atoms with E-state index in [0.29, 0.717) is 0 Å². The minimum absolute atomic E-state index is 0.283. The van der Waals surface area contributed by atoms with E-state index in [1.807, 2.05) is 37.3 Å². The van der Waals surface area contributed by atoms with Gasteiger partial charge in [0.1, 0.15) is 5.82 Å². The van der Waals surface area contributed by atoms with Gasteiger partial charge in [0, 0.05) is 17.8 Å². The number of hydrogen-bond donors (Lipinski definition) is 1. The fourth-order valence-corrected chi connectivity index (χ4v) is 2.98. The number of fused-ring (bicyclic) bond motifs is 2. The van der Waals surface area contributed by atoms with Crippen molar-refractivity contribution in [2.45, 2.75) is 6.92 Å². The summed E-state index contributed by atoms with van der Waals surface area (Å²) in [6.07, 6.45) is 0. The van der Waals surface area contributed by atoms with Gasteiger partial charge in [-0.15, -0.1) is 0 Å². The van der Waals surface area contributed by atoms with Gasteiger partial charge in [-0.3, -0.25) is 0 Å². The summed E-state index contributed by atoms with van der Waals surface area (Å²) in [5, 5.41) is 4.03. The highest BCUT2D eigenvalue weighted by Gasteiger charge is 2.16. The van der Waals surface area contributed by atoms with Crippen molar-refractivity contribution in [1.29, 1.82) is 0 Å². The molecule has 100 valence electrons. The first-order chi connectivity index (χ1) is 9.78. The van der Waals surface area contributed by atoms with Crippen LogP contribution in [0.1, 0.15) is 5.69 Å². The van der Waals surface area contributed by atoms with Crippen molar-refractivity contribution in [3.05, 3.63) is 36.0 Å². The first-order valence-corrected chi connectivity index (χ1v) is 7.00. The first-order valence-electron chi connectivity index (χ1n) is 6.19. The summed E-state index contributed by atoms with van der Waals surface area (Å²) in [6.45, 7) is 2.24. The molecule has 6 heteroatoms. The van der Waals surface area contributed by atoms with Crippen LogP contribution in [0.15, 0.2) is 30.3 Å².